The molecule has 0 aliphatic carbocycles. The SMILES string of the molecule is O=C(NCCOCCn1cccn1)Nc1ccc(C(F)(F)F)cc1. The Morgan fingerprint density at radius 2 is 1.96 bits per heavy atom. The van der Waals surface area contributed by atoms with Gasteiger partial charge in [-0.05, 0) is 30.3 Å². The van der Waals surface area contributed by atoms with Gasteiger partial charge in [-0.2, -0.15) is 18.3 Å². The van der Waals surface area contributed by atoms with Gasteiger partial charge >= 0.3 is 12.2 Å². The van der Waals surface area contributed by atoms with E-state index in [1.54, 1.807) is 10.9 Å². The van der Waals surface area contributed by atoms with Crippen LogP contribution < -0.4 is 10.6 Å². The van der Waals surface area contributed by atoms with Crippen LogP contribution in [0.3, 0.4) is 0 Å². The van der Waals surface area contributed by atoms with Crippen LogP contribution in [0.5, 0.6) is 0 Å². The van der Waals surface area contributed by atoms with E-state index in [9.17, 15) is 18.0 Å². The van der Waals surface area contributed by atoms with E-state index in [2.05, 4.69) is 15.7 Å². The number of alkyl halides is 3. The van der Waals surface area contributed by atoms with Crippen molar-refractivity contribution in [1.29, 1.82) is 0 Å². The molecule has 24 heavy (non-hydrogen) atoms. The van der Waals surface area contributed by atoms with Gasteiger partial charge in [-0.15, -0.1) is 0 Å². The van der Waals surface area contributed by atoms with Crippen LogP contribution >= 0.6 is 0 Å². The summed E-state index contributed by atoms with van der Waals surface area (Å²) in [6.07, 6.45) is -0.902. The minimum atomic E-state index is -4.39. The monoisotopic (exact) mass is 342 g/mol. The van der Waals surface area contributed by atoms with E-state index in [-0.39, 0.29) is 12.2 Å². The maximum atomic E-state index is 12.4. The van der Waals surface area contributed by atoms with E-state index < -0.39 is 17.8 Å². The lowest BCUT2D eigenvalue weighted by molar-refractivity contribution is -0.137. The fourth-order valence-corrected chi connectivity index (χ4v) is 1.85. The first kappa shape index (κ1) is 17.8. The number of carbonyl (C=O) groups excluding carboxylic acids is 1. The summed E-state index contributed by atoms with van der Waals surface area (Å²) < 4.78 is 44.3. The third-order valence-electron chi connectivity index (χ3n) is 3.03. The number of ether oxygens (including phenoxy) is 1. The summed E-state index contributed by atoms with van der Waals surface area (Å²) in [7, 11) is 0. The first-order chi connectivity index (χ1) is 11.4. The van der Waals surface area contributed by atoms with E-state index in [1.165, 1.54) is 12.1 Å². The largest absolute Gasteiger partial charge is 0.416 e. The summed E-state index contributed by atoms with van der Waals surface area (Å²) in [4.78, 5) is 11.6. The molecule has 1 aromatic carbocycles. The average Bonchev–Trinajstić information content (AvgIpc) is 3.03. The molecule has 0 aliphatic heterocycles. The zero-order valence-electron chi connectivity index (χ0n) is 12.7. The van der Waals surface area contributed by atoms with Crippen molar-refractivity contribution in [2.75, 3.05) is 25.1 Å². The van der Waals surface area contributed by atoms with Crippen molar-refractivity contribution >= 4 is 11.7 Å². The van der Waals surface area contributed by atoms with Crippen molar-refractivity contribution in [2.24, 2.45) is 0 Å². The molecule has 0 bridgehead atoms. The number of nitrogens with zero attached hydrogens (tertiary/aromatic N) is 2. The molecule has 1 aromatic heterocycles. The van der Waals surface area contributed by atoms with Gasteiger partial charge in [0.1, 0.15) is 0 Å². The number of hydrogen-bond donors (Lipinski definition) is 2. The Balaban J connectivity index is 1.61. The molecule has 130 valence electrons. The molecule has 0 spiro atoms. The van der Waals surface area contributed by atoms with Crippen LogP contribution in [0.4, 0.5) is 23.7 Å². The number of benzene rings is 1. The second kappa shape index (κ2) is 8.34. The Hall–Kier alpha value is -2.55. The topological polar surface area (TPSA) is 68.2 Å². The molecule has 2 aromatic rings. The third-order valence-corrected chi connectivity index (χ3v) is 3.03. The number of aromatic nitrogens is 2. The van der Waals surface area contributed by atoms with Crippen molar-refractivity contribution < 1.29 is 22.7 Å². The molecule has 0 radical (unpaired) electrons. The van der Waals surface area contributed by atoms with Crippen LogP contribution in [0.2, 0.25) is 0 Å². The lowest BCUT2D eigenvalue weighted by atomic mass is 10.2. The molecule has 0 saturated carbocycles. The number of hydrogen-bond acceptors (Lipinski definition) is 3. The zero-order valence-corrected chi connectivity index (χ0v) is 12.7. The number of anilines is 1. The van der Waals surface area contributed by atoms with Gasteiger partial charge in [0, 0.05) is 24.6 Å². The van der Waals surface area contributed by atoms with Gasteiger partial charge < -0.3 is 15.4 Å². The van der Waals surface area contributed by atoms with E-state index in [0.29, 0.717) is 19.8 Å². The highest BCUT2D eigenvalue weighted by Crippen LogP contribution is 2.29. The van der Waals surface area contributed by atoms with Crippen LogP contribution in [0, 0.1) is 0 Å². The lowest BCUT2D eigenvalue weighted by Crippen LogP contribution is -2.31. The molecule has 0 saturated heterocycles. The Morgan fingerprint density at radius 3 is 2.58 bits per heavy atom. The average molecular weight is 342 g/mol. The number of carbonyl (C=O) groups is 1. The van der Waals surface area contributed by atoms with Crippen LogP contribution in [-0.4, -0.2) is 35.6 Å². The molecule has 1 heterocycles. The molecule has 2 amide bonds. The Morgan fingerprint density at radius 1 is 1.21 bits per heavy atom. The number of halogens is 3. The molecule has 0 atom stereocenters. The van der Waals surface area contributed by atoms with E-state index in [0.717, 1.165) is 12.1 Å². The number of amides is 2. The summed E-state index contributed by atoms with van der Waals surface area (Å²) in [5.74, 6) is 0. The summed E-state index contributed by atoms with van der Waals surface area (Å²) >= 11 is 0. The Bertz CT molecular complexity index is 627. The predicted octanol–water partition coefficient (Wildman–Crippen LogP) is 2.74. The van der Waals surface area contributed by atoms with Gasteiger partial charge in [0.05, 0.1) is 25.3 Å². The maximum absolute atomic E-state index is 12.4. The Labute approximate surface area is 136 Å². The molecule has 0 unspecified atom stereocenters. The van der Waals surface area contributed by atoms with Crippen molar-refractivity contribution in [3.8, 4) is 0 Å². The molecule has 0 fully saturated rings. The number of rotatable bonds is 7. The van der Waals surface area contributed by atoms with Gasteiger partial charge in [-0.3, -0.25) is 4.68 Å². The van der Waals surface area contributed by atoms with Gasteiger partial charge in [0.15, 0.2) is 0 Å². The lowest BCUT2D eigenvalue weighted by Gasteiger charge is -2.10. The summed E-state index contributed by atoms with van der Waals surface area (Å²) in [5, 5.41) is 9.01. The maximum Gasteiger partial charge on any atom is 0.416 e. The van der Waals surface area contributed by atoms with E-state index in [4.69, 9.17) is 4.74 Å². The standard InChI is InChI=1S/C15H17F3N4O2/c16-15(17,18)12-2-4-13(5-3-12)21-14(23)19-7-10-24-11-9-22-8-1-6-20-22/h1-6,8H,7,9-11H2,(H2,19,21,23). The summed E-state index contributed by atoms with van der Waals surface area (Å²) in [6, 6.07) is 5.52. The smallest absolute Gasteiger partial charge is 0.378 e. The van der Waals surface area contributed by atoms with Gasteiger partial charge in [-0.1, -0.05) is 0 Å². The molecule has 0 aliphatic rings. The number of nitrogens with one attached hydrogen (secondary N) is 2. The molecule has 2 rings (SSSR count). The first-order valence-corrected chi connectivity index (χ1v) is 7.22. The minimum absolute atomic E-state index is 0.278. The molecule has 9 heteroatoms. The summed E-state index contributed by atoms with van der Waals surface area (Å²) in [6.45, 7) is 1.68. The predicted molar refractivity (Wildman–Crippen MR) is 81.5 cm³/mol. The normalized spacial score (nSPS) is 11.3. The highest BCUT2D eigenvalue weighted by atomic mass is 19.4. The highest BCUT2D eigenvalue weighted by molar-refractivity contribution is 5.89. The fourth-order valence-electron chi connectivity index (χ4n) is 1.85. The zero-order chi connectivity index (χ0) is 17.4. The van der Waals surface area contributed by atoms with Crippen LogP contribution in [0.25, 0.3) is 0 Å². The van der Waals surface area contributed by atoms with E-state index in [1.807, 2.05) is 12.3 Å². The van der Waals surface area contributed by atoms with Crippen LogP contribution in [0.1, 0.15) is 5.56 Å². The quantitative estimate of drug-likeness (QED) is 0.760. The highest BCUT2D eigenvalue weighted by Gasteiger charge is 2.29. The fraction of sp³-hybridized carbons (Fsp3) is 0.333. The first-order valence-electron chi connectivity index (χ1n) is 7.22. The molecule has 6 nitrogen and oxygen atoms in total. The van der Waals surface area contributed by atoms with E-state index >= 15 is 0 Å². The van der Waals surface area contributed by atoms with Crippen LogP contribution in [0.15, 0.2) is 42.7 Å². The molecular weight excluding hydrogens is 325 g/mol. The van der Waals surface area contributed by atoms with Gasteiger partial charge in [0.25, 0.3) is 0 Å². The van der Waals surface area contributed by atoms with Gasteiger partial charge in [0.2, 0.25) is 0 Å². The minimum Gasteiger partial charge on any atom is -0.378 e. The van der Waals surface area contributed by atoms with Crippen LogP contribution in [-0.2, 0) is 17.5 Å². The van der Waals surface area contributed by atoms with Crippen molar-refractivity contribution in [1.82, 2.24) is 15.1 Å². The van der Waals surface area contributed by atoms with Gasteiger partial charge in [-0.25, -0.2) is 4.79 Å². The third kappa shape index (κ3) is 5.92. The number of urea groups is 1. The second-order valence-corrected chi connectivity index (χ2v) is 4.84. The van der Waals surface area contributed by atoms with Crippen molar-refractivity contribution in [3.05, 3.63) is 48.3 Å². The molecule has 2 N–H and O–H groups in total. The Kier molecular flexibility index (Phi) is 6.19. The summed E-state index contributed by atoms with van der Waals surface area (Å²) in [5.41, 5.74) is -0.487. The molecular formula is C15H17F3N4O2. The van der Waals surface area contributed by atoms with Crippen molar-refractivity contribution in [2.45, 2.75) is 12.7 Å². The van der Waals surface area contributed by atoms with Crippen molar-refractivity contribution in [3.63, 3.8) is 0 Å². The second-order valence-electron chi connectivity index (χ2n) is 4.84.